The van der Waals surface area contributed by atoms with Crippen molar-refractivity contribution in [1.29, 1.82) is 0 Å². The maximum absolute atomic E-state index is 12.6. The first-order chi connectivity index (χ1) is 15.2. The van der Waals surface area contributed by atoms with Crippen LogP contribution in [-0.4, -0.2) is 64.2 Å². The number of methoxy groups -OCH3 is 1. The Labute approximate surface area is 190 Å². The molecule has 0 aliphatic carbocycles. The van der Waals surface area contributed by atoms with E-state index < -0.39 is 23.8 Å². The number of carbonyl (C=O) groups excluding carboxylic acids is 1. The molecule has 1 fully saturated rings. The van der Waals surface area contributed by atoms with Crippen molar-refractivity contribution in [3.05, 3.63) is 36.0 Å². The highest BCUT2D eigenvalue weighted by Crippen LogP contribution is 2.31. The molecule has 7 heteroatoms. The van der Waals surface area contributed by atoms with Gasteiger partial charge in [-0.25, -0.2) is 4.79 Å². The Bertz CT molecular complexity index is 911. The van der Waals surface area contributed by atoms with Gasteiger partial charge >= 0.3 is 6.09 Å². The zero-order valence-corrected chi connectivity index (χ0v) is 19.6. The van der Waals surface area contributed by atoms with Crippen LogP contribution in [0.5, 0.6) is 5.75 Å². The Hall–Kier alpha value is -2.38. The Morgan fingerprint density at radius 2 is 2.12 bits per heavy atom. The highest BCUT2D eigenvalue weighted by atomic mass is 16.6. The monoisotopic (exact) mass is 444 g/mol. The van der Waals surface area contributed by atoms with Crippen molar-refractivity contribution < 1.29 is 24.5 Å². The van der Waals surface area contributed by atoms with E-state index in [1.165, 1.54) is 5.56 Å². The van der Waals surface area contributed by atoms with Crippen LogP contribution in [0, 0.1) is 5.92 Å². The second kappa shape index (κ2) is 10.5. The van der Waals surface area contributed by atoms with E-state index in [2.05, 4.69) is 11.1 Å². The lowest BCUT2D eigenvalue weighted by Crippen LogP contribution is -2.53. The standard InChI is InChI=1S/C25H36N2O5/c1-25(2,3)32-24(30)27-12-11-17(13-22(27)23(29)16-28)7-5-8-18-9-6-10-21-20(18)14-19(31-4)15-26-21/h6,9-10,14-15,17,22-23,28-29H,5,7-8,11-13,16H2,1-4H3. The molecule has 1 saturated heterocycles. The molecule has 0 spiro atoms. The van der Waals surface area contributed by atoms with E-state index in [-0.39, 0.29) is 6.61 Å². The van der Waals surface area contributed by atoms with Gasteiger partial charge in [0.05, 0.1) is 37.6 Å². The van der Waals surface area contributed by atoms with Gasteiger partial charge in [-0.2, -0.15) is 0 Å². The number of hydrogen-bond donors (Lipinski definition) is 2. The molecule has 0 radical (unpaired) electrons. The number of nitrogens with zero attached hydrogens (tertiary/aromatic N) is 2. The van der Waals surface area contributed by atoms with Crippen molar-refractivity contribution in [2.45, 2.75) is 70.6 Å². The molecule has 3 unspecified atom stereocenters. The molecule has 0 saturated carbocycles. The number of hydrogen-bond acceptors (Lipinski definition) is 6. The number of aliphatic hydroxyl groups excluding tert-OH is 2. The summed E-state index contributed by atoms with van der Waals surface area (Å²) in [6, 6.07) is 7.77. The molecule has 176 valence electrons. The van der Waals surface area contributed by atoms with Crippen molar-refractivity contribution in [2.24, 2.45) is 5.92 Å². The summed E-state index contributed by atoms with van der Waals surface area (Å²) in [6.07, 6.45) is 4.76. The number of aromatic nitrogens is 1. The van der Waals surface area contributed by atoms with Crippen LogP contribution in [0.2, 0.25) is 0 Å². The van der Waals surface area contributed by atoms with Crippen molar-refractivity contribution >= 4 is 17.0 Å². The second-order valence-electron chi connectivity index (χ2n) is 9.63. The van der Waals surface area contributed by atoms with Gasteiger partial charge in [-0.05, 0) is 76.5 Å². The van der Waals surface area contributed by atoms with Gasteiger partial charge in [0, 0.05) is 11.9 Å². The molecule has 1 amide bonds. The van der Waals surface area contributed by atoms with E-state index >= 15 is 0 Å². The number of pyridine rings is 1. The number of amides is 1. The number of fused-ring (bicyclic) bond motifs is 1. The molecule has 7 nitrogen and oxygen atoms in total. The first-order valence-corrected chi connectivity index (χ1v) is 11.4. The summed E-state index contributed by atoms with van der Waals surface area (Å²) in [6.45, 7) is 5.63. The molecule has 2 aromatic rings. The quantitative estimate of drug-likeness (QED) is 0.672. The number of ether oxygens (including phenoxy) is 2. The summed E-state index contributed by atoms with van der Waals surface area (Å²) in [5.74, 6) is 1.13. The highest BCUT2D eigenvalue weighted by molar-refractivity contribution is 5.83. The SMILES string of the molecule is COc1cnc2cccc(CCCC3CCN(C(=O)OC(C)(C)C)C(C(O)CO)C3)c2c1. The van der Waals surface area contributed by atoms with Gasteiger partial charge in [-0.15, -0.1) is 0 Å². The summed E-state index contributed by atoms with van der Waals surface area (Å²) in [7, 11) is 1.65. The molecule has 3 atom stereocenters. The minimum Gasteiger partial charge on any atom is -0.495 e. The lowest BCUT2D eigenvalue weighted by atomic mass is 9.84. The molecule has 1 aromatic carbocycles. The van der Waals surface area contributed by atoms with Crippen LogP contribution in [0.1, 0.15) is 52.0 Å². The zero-order chi connectivity index (χ0) is 23.3. The van der Waals surface area contributed by atoms with Gasteiger partial charge in [0.2, 0.25) is 0 Å². The molecule has 0 bridgehead atoms. The van der Waals surface area contributed by atoms with Crippen molar-refractivity contribution in [2.75, 3.05) is 20.3 Å². The number of likely N-dealkylation sites (tertiary alicyclic amines) is 1. The molecule has 3 rings (SSSR count). The first kappa shape index (κ1) is 24.3. The molecule has 2 heterocycles. The topological polar surface area (TPSA) is 92.1 Å². The zero-order valence-electron chi connectivity index (χ0n) is 19.6. The fourth-order valence-electron chi connectivity index (χ4n) is 4.47. The fraction of sp³-hybridized carbons (Fsp3) is 0.600. The third kappa shape index (κ3) is 6.11. The maximum atomic E-state index is 12.6. The maximum Gasteiger partial charge on any atom is 0.410 e. The number of piperidine rings is 1. The molecule has 1 aliphatic heterocycles. The summed E-state index contributed by atoms with van der Waals surface area (Å²) in [4.78, 5) is 18.7. The number of benzene rings is 1. The Balaban J connectivity index is 1.62. The van der Waals surface area contributed by atoms with Crippen LogP contribution in [0.15, 0.2) is 30.5 Å². The Morgan fingerprint density at radius 3 is 2.81 bits per heavy atom. The van der Waals surface area contributed by atoms with Gasteiger partial charge in [0.15, 0.2) is 0 Å². The van der Waals surface area contributed by atoms with Gasteiger partial charge in [-0.1, -0.05) is 12.1 Å². The van der Waals surface area contributed by atoms with Crippen molar-refractivity contribution in [3.63, 3.8) is 0 Å². The third-order valence-corrected chi connectivity index (χ3v) is 6.10. The van der Waals surface area contributed by atoms with Gasteiger partial charge in [0.1, 0.15) is 11.4 Å². The van der Waals surface area contributed by atoms with E-state index in [4.69, 9.17) is 9.47 Å². The number of aryl methyl sites for hydroxylation is 1. The molecule has 32 heavy (non-hydrogen) atoms. The minimum absolute atomic E-state index is 0.373. The normalized spacial score (nSPS) is 20.2. The van der Waals surface area contributed by atoms with Crippen LogP contribution in [0.25, 0.3) is 10.9 Å². The van der Waals surface area contributed by atoms with Crippen LogP contribution in [0.4, 0.5) is 4.79 Å². The lowest BCUT2D eigenvalue weighted by Gasteiger charge is -2.41. The average molecular weight is 445 g/mol. The van der Waals surface area contributed by atoms with Gasteiger partial charge < -0.3 is 24.6 Å². The van der Waals surface area contributed by atoms with E-state index in [1.54, 1.807) is 18.2 Å². The minimum atomic E-state index is -0.970. The van der Waals surface area contributed by atoms with E-state index in [1.807, 2.05) is 39.0 Å². The van der Waals surface area contributed by atoms with E-state index in [0.29, 0.717) is 18.9 Å². The van der Waals surface area contributed by atoms with E-state index in [9.17, 15) is 15.0 Å². The number of rotatable bonds is 7. The number of carbonyl (C=O) groups is 1. The molecule has 2 N–H and O–H groups in total. The summed E-state index contributed by atoms with van der Waals surface area (Å²) >= 11 is 0. The fourth-order valence-corrected chi connectivity index (χ4v) is 4.47. The van der Waals surface area contributed by atoms with Crippen molar-refractivity contribution in [3.8, 4) is 5.75 Å². The Kier molecular flexibility index (Phi) is 7.96. The molecular formula is C25H36N2O5. The third-order valence-electron chi connectivity index (χ3n) is 6.10. The lowest BCUT2D eigenvalue weighted by molar-refractivity contribution is -0.0380. The highest BCUT2D eigenvalue weighted by Gasteiger charge is 2.37. The summed E-state index contributed by atoms with van der Waals surface area (Å²) in [5, 5.41) is 21.0. The molecule has 1 aromatic heterocycles. The van der Waals surface area contributed by atoms with Gasteiger partial charge in [0.25, 0.3) is 0 Å². The largest absolute Gasteiger partial charge is 0.495 e. The average Bonchev–Trinajstić information content (AvgIpc) is 2.77. The van der Waals surface area contributed by atoms with Crippen LogP contribution in [-0.2, 0) is 11.2 Å². The van der Waals surface area contributed by atoms with E-state index in [0.717, 1.165) is 42.3 Å². The predicted octanol–water partition coefficient (Wildman–Crippen LogP) is 3.94. The molecule has 1 aliphatic rings. The van der Waals surface area contributed by atoms with Crippen LogP contribution in [0.3, 0.4) is 0 Å². The smallest absolute Gasteiger partial charge is 0.410 e. The van der Waals surface area contributed by atoms with Crippen LogP contribution < -0.4 is 4.74 Å². The van der Waals surface area contributed by atoms with Crippen molar-refractivity contribution in [1.82, 2.24) is 9.88 Å². The Morgan fingerprint density at radius 1 is 1.34 bits per heavy atom. The summed E-state index contributed by atoms with van der Waals surface area (Å²) in [5.41, 5.74) is 1.60. The molecular weight excluding hydrogens is 408 g/mol. The number of aliphatic hydroxyl groups is 2. The first-order valence-electron chi connectivity index (χ1n) is 11.4. The summed E-state index contributed by atoms with van der Waals surface area (Å²) < 4.78 is 10.8. The second-order valence-corrected chi connectivity index (χ2v) is 9.63. The van der Waals surface area contributed by atoms with Gasteiger partial charge in [-0.3, -0.25) is 4.98 Å². The predicted molar refractivity (Wildman–Crippen MR) is 124 cm³/mol. The van der Waals surface area contributed by atoms with Crippen LogP contribution >= 0.6 is 0 Å².